The molecule has 1 aromatic carbocycles. The van der Waals surface area contributed by atoms with E-state index >= 15 is 0 Å². The normalized spacial score (nSPS) is 16.2. The number of hydrogen-bond donors (Lipinski definition) is 0. The molecule has 7 nitrogen and oxygen atoms in total. The van der Waals surface area contributed by atoms with Crippen LogP contribution in [0.4, 0.5) is 0 Å². The van der Waals surface area contributed by atoms with E-state index in [0.29, 0.717) is 44.0 Å². The maximum atomic E-state index is 12.8. The molecule has 26 heavy (non-hydrogen) atoms. The molecule has 1 saturated heterocycles. The van der Waals surface area contributed by atoms with Gasteiger partial charge in [0.1, 0.15) is 5.78 Å². The Morgan fingerprint density at radius 1 is 1.31 bits per heavy atom. The minimum absolute atomic E-state index is 0.149. The molecule has 0 amide bonds. The molecular formula is C17H23N3O4S2. The van der Waals surface area contributed by atoms with Crippen molar-refractivity contribution in [3.05, 3.63) is 18.2 Å². The number of aryl methyl sites for hydroxylation is 1. The van der Waals surface area contributed by atoms with Crippen molar-refractivity contribution in [3.8, 4) is 0 Å². The molecule has 0 bridgehead atoms. The smallest absolute Gasteiger partial charge is 0.243 e. The van der Waals surface area contributed by atoms with E-state index in [1.165, 1.54) is 16.1 Å². The van der Waals surface area contributed by atoms with Crippen LogP contribution in [0.15, 0.2) is 28.3 Å². The van der Waals surface area contributed by atoms with Crippen LogP contribution in [0.5, 0.6) is 0 Å². The van der Waals surface area contributed by atoms with Gasteiger partial charge in [0.25, 0.3) is 0 Å². The lowest BCUT2D eigenvalue weighted by atomic mass is 10.3. The topological polar surface area (TPSA) is 81.5 Å². The third-order valence-electron chi connectivity index (χ3n) is 4.29. The molecule has 2 heterocycles. The number of hydrogen-bond acceptors (Lipinski definition) is 6. The first-order valence-corrected chi connectivity index (χ1v) is 11.1. The fourth-order valence-electron chi connectivity index (χ4n) is 2.89. The highest BCUT2D eigenvalue weighted by atomic mass is 32.2. The minimum atomic E-state index is -3.54. The summed E-state index contributed by atoms with van der Waals surface area (Å²) < 4.78 is 34.4. The first-order valence-electron chi connectivity index (χ1n) is 8.64. The fourth-order valence-corrected chi connectivity index (χ4v) is 5.43. The van der Waals surface area contributed by atoms with Crippen LogP contribution < -0.4 is 0 Å². The molecule has 142 valence electrons. The number of imidazole rings is 1. The Labute approximate surface area is 157 Å². The molecule has 0 atom stereocenters. The Balaban J connectivity index is 1.91. The van der Waals surface area contributed by atoms with Gasteiger partial charge in [-0.1, -0.05) is 11.8 Å². The second kappa shape index (κ2) is 8.08. The number of Topliss-reactive ketones (excluding diaryl/α,β-unsaturated/α-hetero) is 1. The van der Waals surface area contributed by atoms with Gasteiger partial charge in [-0.15, -0.1) is 0 Å². The molecule has 0 saturated carbocycles. The van der Waals surface area contributed by atoms with E-state index in [-0.39, 0.29) is 10.7 Å². The van der Waals surface area contributed by atoms with Crippen LogP contribution in [-0.4, -0.2) is 60.1 Å². The first-order chi connectivity index (χ1) is 12.4. The predicted molar refractivity (Wildman–Crippen MR) is 101 cm³/mol. The average molecular weight is 398 g/mol. The van der Waals surface area contributed by atoms with Crippen molar-refractivity contribution >= 4 is 38.6 Å². The van der Waals surface area contributed by atoms with Crippen LogP contribution in [0.1, 0.15) is 20.3 Å². The van der Waals surface area contributed by atoms with Crippen LogP contribution >= 0.6 is 11.8 Å². The molecular weight excluding hydrogens is 374 g/mol. The molecule has 0 radical (unpaired) electrons. The Bertz CT molecular complexity index is 902. The molecule has 2 aromatic rings. The molecule has 1 aliphatic heterocycles. The van der Waals surface area contributed by atoms with Gasteiger partial charge in [0.15, 0.2) is 5.16 Å². The van der Waals surface area contributed by atoms with Crippen LogP contribution in [0, 0.1) is 0 Å². The van der Waals surface area contributed by atoms with Crippen LogP contribution in [0.25, 0.3) is 11.0 Å². The quantitative estimate of drug-likeness (QED) is 0.666. The standard InChI is InChI=1S/C17H23N3O4S2/c1-3-20-16-5-4-14(26(22,23)19-7-9-24-10-8-19)12-15(16)18-17(20)25-11-6-13(2)21/h4-5,12H,3,6-11H2,1-2H3. The molecule has 9 heteroatoms. The second-order valence-corrected chi connectivity index (χ2v) is 9.11. The van der Waals surface area contributed by atoms with E-state index in [9.17, 15) is 13.2 Å². The lowest BCUT2D eigenvalue weighted by Crippen LogP contribution is -2.40. The van der Waals surface area contributed by atoms with Crippen LogP contribution in [0.2, 0.25) is 0 Å². The zero-order valence-corrected chi connectivity index (χ0v) is 16.6. The molecule has 1 aliphatic rings. The molecule has 1 fully saturated rings. The minimum Gasteiger partial charge on any atom is -0.379 e. The summed E-state index contributed by atoms with van der Waals surface area (Å²) in [6.45, 7) is 5.91. The number of ketones is 1. The SMILES string of the molecule is CCn1c(SCCC(C)=O)nc2cc(S(=O)(=O)N3CCOCC3)ccc21. The van der Waals surface area contributed by atoms with Crippen molar-refractivity contribution in [3.63, 3.8) is 0 Å². The van der Waals surface area contributed by atoms with Gasteiger partial charge >= 0.3 is 0 Å². The number of rotatable bonds is 7. The number of fused-ring (bicyclic) bond motifs is 1. The number of ether oxygens (including phenoxy) is 1. The largest absolute Gasteiger partial charge is 0.379 e. The van der Waals surface area contributed by atoms with Gasteiger partial charge in [0.2, 0.25) is 10.0 Å². The Morgan fingerprint density at radius 2 is 2.04 bits per heavy atom. The van der Waals surface area contributed by atoms with Gasteiger partial charge < -0.3 is 9.30 Å². The molecule has 1 aromatic heterocycles. The van der Waals surface area contributed by atoms with Crippen molar-refractivity contribution in [1.29, 1.82) is 0 Å². The molecule has 0 unspecified atom stereocenters. The monoisotopic (exact) mass is 397 g/mol. The highest BCUT2D eigenvalue weighted by molar-refractivity contribution is 7.99. The van der Waals surface area contributed by atoms with Gasteiger partial charge in [-0.05, 0) is 32.0 Å². The summed E-state index contributed by atoms with van der Waals surface area (Å²) in [4.78, 5) is 16.0. The van der Waals surface area contributed by atoms with E-state index in [2.05, 4.69) is 4.98 Å². The number of thioether (sulfide) groups is 1. The summed E-state index contributed by atoms with van der Waals surface area (Å²) in [6.07, 6.45) is 0.494. The van der Waals surface area contributed by atoms with E-state index in [0.717, 1.165) is 17.2 Å². The van der Waals surface area contributed by atoms with Crippen molar-refractivity contribution in [2.24, 2.45) is 0 Å². The molecule has 0 N–H and O–H groups in total. The van der Waals surface area contributed by atoms with E-state index < -0.39 is 10.0 Å². The third-order valence-corrected chi connectivity index (χ3v) is 7.17. The predicted octanol–water partition coefficient (Wildman–Crippen LogP) is 2.15. The summed E-state index contributed by atoms with van der Waals surface area (Å²) in [6, 6.07) is 5.10. The number of carbonyl (C=O) groups excluding carboxylic acids is 1. The van der Waals surface area contributed by atoms with Crippen LogP contribution in [0.3, 0.4) is 0 Å². The zero-order chi connectivity index (χ0) is 18.7. The van der Waals surface area contributed by atoms with Crippen LogP contribution in [-0.2, 0) is 26.1 Å². The number of nitrogens with zero attached hydrogens (tertiary/aromatic N) is 3. The van der Waals surface area contributed by atoms with Crippen molar-refractivity contribution in [2.75, 3.05) is 32.1 Å². The summed E-state index contributed by atoms with van der Waals surface area (Å²) in [5, 5.41) is 0.810. The van der Waals surface area contributed by atoms with E-state index in [1.807, 2.05) is 17.6 Å². The maximum Gasteiger partial charge on any atom is 0.243 e. The van der Waals surface area contributed by atoms with E-state index in [4.69, 9.17) is 4.74 Å². The average Bonchev–Trinajstić information content (AvgIpc) is 2.98. The Morgan fingerprint density at radius 3 is 2.69 bits per heavy atom. The van der Waals surface area contributed by atoms with Gasteiger partial charge in [-0.2, -0.15) is 4.31 Å². The molecule has 0 spiro atoms. The second-order valence-electron chi connectivity index (χ2n) is 6.11. The summed E-state index contributed by atoms with van der Waals surface area (Å²) >= 11 is 1.52. The third kappa shape index (κ3) is 3.95. The number of aromatic nitrogens is 2. The summed E-state index contributed by atoms with van der Waals surface area (Å²) in [7, 11) is -3.54. The lowest BCUT2D eigenvalue weighted by molar-refractivity contribution is -0.116. The lowest BCUT2D eigenvalue weighted by Gasteiger charge is -2.26. The zero-order valence-electron chi connectivity index (χ0n) is 15.0. The number of benzene rings is 1. The number of sulfonamides is 1. The van der Waals surface area contributed by atoms with Gasteiger partial charge in [0, 0.05) is 31.8 Å². The summed E-state index contributed by atoms with van der Waals surface area (Å²) in [5.41, 5.74) is 1.56. The highest BCUT2D eigenvalue weighted by Gasteiger charge is 2.27. The van der Waals surface area contributed by atoms with E-state index in [1.54, 1.807) is 19.1 Å². The van der Waals surface area contributed by atoms with Gasteiger partial charge in [-0.3, -0.25) is 4.79 Å². The van der Waals surface area contributed by atoms with Crippen molar-refractivity contribution < 1.29 is 17.9 Å². The molecule has 0 aliphatic carbocycles. The van der Waals surface area contributed by atoms with Crippen molar-refractivity contribution in [2.45, 2.75) is 36.9 Å². The fraction of sp³-hybridized carbons (Fsp3) is 0.529. The van der Waals surface area contributed by atoms with Crippen molar-refractivity contribution in [1.82, 2.24) is 13.9 Å². The number of morpholine rings is 1. The molecule has 3 rings (SSSR count). The highest BCUT2D eigenvalue weighted by Crippen LogP contribution is 2.27. The Hall–Kier alpha value is -1.42. The first kappa shape index (κ1) is 19.3. The Kier molecular flexibility index (Phi) is 6.01. The van der Waals surface area contributed by atoms with Gasteiger partial charge in [0.05, 0.1) is 29.1 Å². The number of carbonyl (C=O) groups is 1. The van der Waals surface area contributed by atoms with Gasteiger partial charge in [-0.25, -0.2) is 13.4 Å². The maximum absolute atomic E-state index is 12.8. The summed E-state index contributed by atoms with van der Waals surface area (Å²) in [5.74, 6) is 0.813.